The molecular weight excluding hydrogens is 454 g/mol. The summed E-state index contributed by atoms with van der Waals surface area (Å²) in [5.41, 5.74) is 3.92. The number of nitrogens with zero attached hydrogens (tertiary/aromatic N) is 3. The number of rotatable bonds is 6. The molecule has 0 bridgehead atoms. The molecule has 1 aromatic carbocycles. The lowest BCUT2D eigenvalue weighted by molar-refractivity contribution is -0.143. The highest BCUT2D eigenvalue weighted by molar-refractivity contribution is 7.10. The van der Waals surface area contributed by atoms with E-state index in [0.717, 1.165) is 25.3 Å². The molecule has 3 aliphatic rings. The molecule has 0 spiro atoms. The number of hydrogen-bond acceptors (Lipinski definition) is 4. The second-order valence-electron chi connectivity index (χ2n) is 10.7. The van der Waals surface area contributed by atoms with Gasteiger partial charge >= 0.3 is 0 Å². The molecule has 3 heterocycles. The average Bonchev–Trinajstić information content (AvgIpc) is 3.55. The number of hydrogen-bond donors (Lipinski definition) is 0. The minimum absolute atomic E-state index is 0.0841. The molecule has 2 amide bonds. The highest BCUT2D eigenvalue weighted by Gasteiger charge is 2.35. The van der Waals surface area contributed by atoms with Gasteiger partial charge in [-0.05, 0) is 60.7 Å². The minimum Gasteiger partial charge on any atom is -0.338 e. The van der Waals surface area contributed by atoms with Crippen molar-refractivity contribution in [1.82, 2.24) is 14.7 Å². The van der Waals surface area contributed by atoms with E-state index in [1.165, 1.54) is 47.3 Å². The van der Waals surface area contributed by atoms with Crippen molar-refractivity contribution in [2.24, 2.45) is 5.92 Å². The van der Waals surface area contributed by atoms with Gasteiger partial charge in [-0.25, -0.2) is 0 Å². The summed E-state index contributed by atoms with van der Waals surface area (Å²) in [7, 11) is 0. The zero-order chi connectivity index (χ0) is 24.4. The van der Waals surface area contributed by atoms with Crippen LogP contribution in [0.5, 0.6) is 0 Å². The summed E-state index contributed by atoms with van der Waals surface area (Å²) in [5.74, 6) is 1.20. The zero-order valence-electron chi connectivity index (χ0n) is 21.2. The average molecular weight is 494 g/mol. The van der Waals surface area contributed by atoms with E-state index in [4.69, 9.17) is 0 Å². The number of aryl methyl sites for hydroxylation is 1. The molecule has 0 unspecified atom stereocenters. The van der Waals surface area contributed by atoms with Crippen molar-refractivity contribution < 1.29 is 9.59 Å². The first kappa shape index (κ1) is 24.5. The monoisotopic (exact) mass is 493 g/mol. The standard InChI is InChI=1S/C29H39N3O2S/c1-21-7-3-6-10-24(21)29-25-14-18-35-26(25)13-15-31(29)20-28(34)30-16-17-32(22(2)19-30)27(33)12-11-23-8-4-5-9-23/h3,6-7,10,14,18,22-23,29H,4-5,8-9,11-13,15-17,19-20H2,1-2H3/t22-,29-/m0/s1. The molecule has 1 saturated carbocycles. The van der Waals surface area contributed by atoms with Crippen LogP contribution in [0.1, 0.15) is 73.1 Å². The molecule has 6 heteroatoms. The van der Waals surface area contributed by atoms with Gasteiger partial charge in [0.1, 0.15) is 0 Å². The van der Waals surface area contributed by atoms with Crippen LogP contribution < -0.4 is 0 Å². The second kappa shape index (κ2) is 10.8. The molecule has 2 fully saturated rings. The van der Waals surface area contributed by atoms with E-state index < -0.39 is 0 Å². The molecule has 1 aromatic heterocycles. The Kier molecular flexibility index (Phi) is 7.59. The normalized spacial score (nSPS) is 23.5. The lowest BCUT2D eigenvalue weighted by Crippen LogP contribution is -2.57. The zero-order valence-corrected chi connectivity index (χ0v) is 22.1. The summed E-state index contributed by atoms with van der Waals surface area (Å²) in [5, 5.41) is 2.19. The van der Waals surface area contributed by atoms with E-state index in [-0.39, 0.29) is 23.9 Å². The fraction of sp³-hybridized carbons (Fsp3) is 0.586. The lowest BCUT2D eigenvalue weighted by atomic mass is 9.90. The third kappa shape index (κ3) is 5.34. The molecule has 1 saturated heterocycles. The van der Waals surface area contributed by atoms with E-state index in [1.54, 1.807) is 0 Å². The van der Waals surface area contributed by atoms with Crippen LogP contribution in [0.3, 0.4) is 0 Å². The van der Waals surface area contributed by atoms with Gasteiger partial charge in [0.05, 0.1) is 12.6 Å². The van der Waals surface area contributed by atoms with Crippen molar-refractivity contribution in [2.45, 2.75) is 70.9 Å². The molecule has 1 aliphatic carbocycles. The number of carbonyl (C=O) groups is 2. The molecule has 5 nitrogen and oxygen atoms in total. The van der Waals surface area contributed by atoms with Gasteiger partial charge < -0.3 is 9.80 Å². The predicted molar refractivity (Wildman–Crippen MR) is 142 cm³/mol. The molecule has 2 aliphatic heterocycles. The Bertz CT molecular complexity index is 1040. The fourth-order valence-electron chi connectivity index (χ4n) is 6.40. The first-order valence-electron chi connectivity index (χ1n) is 13.4. The van der Waals surface area contributed by atoms with Gasteiger partial charge in [-0.1, -0.05) is 49.9 Å². The van der Waals surface area contributed by atoms with E-state index in [0.29, 0.717) is 32.6 Å². The van der Waals surface area contributed by atoms with Crippen LogP contribution in [0.25, 0.3) is 0 Å². The Balaban J connectivity index is 1.21. The minimum atomic E-state index is 0.0841. The Labute approximate surface area is 214 Å². The number of thiophene rings is 1. The first-order chi connectivity index (χ1) is 17.0. The quantitative estimate of drug-likeness (QED) is 0.567. The highest BCUT2D eigenvalue weighted by atomic mass is 32.1. The van der Waals surface area contributed by atoms with Crippen LogP contribution in [0.15, 0.2) is 35.7 Å². The molecule has 0 radical (unpaired) electrons. The first-order valence-corrected chi connectivity index (χ1v) is 14.3. The van der Waals surface area contributed by atoms with Gasteiger partial charge in [0.2, 0.25) is 11.8 Å². The molecule has 188 valence electrons. The summed E-state index contributed by atoms with van der Waals surface area (Å²) in [4.78, 5) is 34.2. The topological polar surface area (TPSA) is 43.9 Å². The maximum absolute atomic E-state index is 13.5. The van der Waals surface area contributed by atoms with Crippen molar-refractivity contribution in [3.8, 4) is 0 Å². The Morgan fingerprint density at radius 3 is 2.57 bits per heavy atom. The number of benzene rings is 1. The Morgan fingerprint density at radius 2 is 1.80 bits per heavy atom. The number of amides is 2. The molecule has 2 aromatic rings. The summed E-state index contributed by atoms with van der Waals surface area (Å²) >= 11 is 1.83. The van der Waals surface area contributed by atoms with Crippen LogP contribution in [0.4, 0.5) is 0 Å². The van der Waals surface area contributed by atoms with Gasteiger partial charge in [0.15, 0.2) is 0 Å². The molecular formula is C29H39N3O2S. The van der Waals surface area contributed by atoms with Crippen LogP contribution in [0, 0.1) is 12.8 Å². The SMILES string of the molecule is Cc1ccccc1[C@H]1c2ccsc2CCN1CC(=O)N1CCN(C(=O)CCC2CCCC2)[C@@H](C)C1. The van der Waals surface area contributed by atoms with Gasteiger partial charge in [0, 0.05) is 43.5 Å². The summed E-state index contributed by atoms with van der Waals surface area (Å²) in [6, 6.07) is 11.0. The van der Waals surface area contributed by atoms with Crippen molar-refractivity contribution in [1.29, 1.82) is 0 Å². The van der Waals surface area contributed by atoms with Crippen molar-refractivity contribution >= 4 is 23.2 Å². The molecule has 0 N–H and O–H groups in total. The maximum atomic E-state index is 13.5. The number of fused-ring (bicyclic) bond motifs is 1. The molecule has 2 atom stereocenters. The lowest BCUT2D eigenvalue weighted by Gasteiger charge is -2.42. The van der Waals surface area contributed by atoms with E-state index in [2.05, 4.69) is 54.5 Å². The smallest absolute Gasteiger partial charge is 0.236 e. The van der Waals surface area contributed by atoms with Crippen LogP contribution >= 0.6 is 11.3 Å². The highest BCUT2D eigenvalue weighted by Crippen LogP contribution is 2.38. The third-order valence-corrected chi connectivity index (χ3v) is 9.43. The van der Waals surface area contributed by atoms with E-state index >= 15 is 0 Å². The van der Waals surface area contributed by atoms with Gasteiger partial charge in [-0.15, -0.1) is 11.3 Å². The number of carbonyl (C=O) groups excluding carboxylic acids is 2. The van der Waals surface area contributed by atoms with E-state index in [9.17, 15) is 9.59 Å². The third-order valence-electron chi connectivity index (χ3n) is 8.43. The summed E-state index contributed by atoms with van der Waals surface area (Å²) in [6.45, 7) is 7.53. The van der Waals surface area contributed by atoms with Crippen LogP contribution in [0.2, 0.25) is 0 Å². The second-order valence-corrected chi connectivity index (χ2v) is 11.7. The van der Waals surface area contributed by atoms with Gasteiger partial charge in [-0.2, -0.15) is 0 Å². The fourth-order valence-corrected chi connectivity index (χ4v) is 7.30. The summed E-state index contributed by atoms with van der Waals surface area (Å²) < 4.78 is 0. The van der Waals surface area contributed by atoms with Crippen molar-refractivity contribution in [3.05, 3.63) is 57.3 Å². The Hall–Kier alpha value is -2.18. The van der Waals surface area contributed by atoms with Crippen molar-refractivity contribution in [2.75, 3.05) is 32.7 Å². The largest absolute Gasteiger partial charge is 0.338 e. The van der Waals surface area contributed by atoms with Crippen LogP contribution in [-0.2, 0) is 16.0 Å². The van der Waals surface area contributed by atoms with Crippen LogP contribution in [-0.4, -0.2) is 65.3 Å². The van der Waals surface area contributed by atoms with Gasteiger partial charge in [0.25, 0.3) is 0 Å². The molecule has 35 heavy (non-hydrogen) atoms. The van der Waals surface area contributed by atoms with Crippen molar-refractivity contribution in [3.63, 3.8) is 0 Å². The Morgan fingerprint density at radius 1 is 1.00 bits per heavy atom. The summed E-state index contributed by atoms with van der Waals surface area (Å²) in [6.07, 6.45) is 7.93. The molecule has 5 rings (SSSR count). The van der Waals surface area contributed by atoms with E-state index in [1.807, 2.05) is 21.1 Å². The van der Waals surface area contributed by atoms with Gasteiger partial charge in [-0.3, -0.25) is 14.5 Å². The predicted octanol–water partition coefficient (Wildman–Crippen LogP) is 5.03. The maximum Gasteiger partial charge on any atom is 0.236 e. The number of piperazine rings is 1.